The molecule has 0 amide bonds. The van der Waals surface area contributed by atoms with E-state index in [0.717, 1.165) is 21.4 Å². The van der Waals surface area contributed by atoms with Crippen LogP contribution in [0.4, 0.5) is 0 Å². The Balaban J connectivity index is 2.66. The number of hydrogen-bond acceptors (Lipinski definition) is 2. The first-order chi connectivity index (χ1) is 6.70. The Morgan fingerprint density at radius 2 is 2.36 bits per heavy atom. The number of hydrogen-bond donors (Lipinski definition) is 0. The van der Waals surface area contributed by atoms with E-state index in [9.17, 15) is 0 Å². The van der Waals surface area contributed by atoms with Gasteiger partial charge >= 0.3 is 0 Å². The second-order valence-electron chi connectivity index (χ2n) is 3.14. The Labute approximate surface area is 90.1 Å². The van der Waals surface area contributed by atoms with Crippen LogP contribution in [-0.4, -0.2) is 9.38 Å². The summed E-state index contributed by atoms with van der Waals surface area (Å²) in [5.74, 6) is 0. The number of fused-ring (bicyclic) bond motifs is 1. The maximum atomic E-state index is 8.56. The van der Waals surface area contributed by atoms with Gasteiger partial charge in [0, 0.05) is 16.9 Å². The first kappa shape index (κ1) is 9.22. The van der Waals surface area contributed by atoms with Crippen LogP contribution in [-0.2, 0) is 6.42 Å². The van der Waals surface area contributed by atoms with Crippen LogP contribution in [0.25, 0.3) is 5.65 Å². The van der Waals surface area contributed by atoms with Gasteiger partial charge in [0.1, 0.15) is 5.65 Å². The lowest BCUT2D eigenvalue weighted by Crippen LogP contribution is -1.86. The van der Waals surface area contributed by atoms with Crippen molar-refractivity contribution < 1.29 is 0 Å². The number of aromatic nitrogens is 2. The van der Waals surface area contributed by atoms with Gasteiger partial charge in [0.15, 0.2) is 0 Å². The summed E-state index contributed by atoms with van der Waals surface area (Å²) in [6.45, 7) is 2.00. The quantitative estimate of drug-likeness (QED) is 0.780. The van der Waals surface area contributed by atoms with Crippen molar-refractivity contribution in [3.63, 3.8) is 0 Å². The van der Waals surface area contributed by atoms with Gasteiger partial charge in [0.2, 0.25) is 0 Å². The van der Waals surface area contributed by atoms with Gasteiger partial charge in [0.25, 0.3) is 0 Å². The Kier molecular flexibility index (Phi) is 2.26. The second-order valence-corrected chi connectivity index (χ2v) is 4.06. The van der Waals surface area contributed by atoms with Crippen LogP contribution < -0.4 is 0 Å². The largest absolute Gasteiger partial charge is 0.305 e. The van der Waals surface area contributed by atoms with E-state index in [-0.39, 0.29) is 0 Å². The van der Waals surface area contributed by atoms with Crippen molar-refractivity contribution in [1.29, 1.82) is 5.26 Å². The minimum atomic E-state index is 0.360. The average Bonchev–Trinajstić information content (AvgIpc) is 2.48. The minimum absolute atomic E-state index is 0.360. The van der Waals surface area contributed by atoms with E-state index in [4.69, 9.17) is 5.26 Å². The van der Waals surface area contributed by atoms with E-state index in [1.165, 1.54) is 0 Å². The van der Waals surface area contributed by atoms with Crippen molar-refractivity contribution in [3.05, 3.63) is 34.2 Å². The van der Waals surface area contributed by atoms with E-state index < -0.39 is 0 Å². The minimum Gasteiger partial charge on any atom is -0.305 e. The third-order valence-corrected chi connectivity index (χ3v) is 2.45. The maximum Gasteiger partial charge on any atom is 0.140 e. The molecule has 0 fully saturated rings. The molecule has 0 spiro atoms. The van der Waals surface area contributed by atoms with Gasteiger partial charge in [-0.25, -0.2) is 4.98 Å². The molecular weight excluding hydrogens is 242 g/mol. The molecule has 2 rings (SSSR count). The molecule has 70 valence electrons. The molecule has 0 aromatic carbocycles. The first-order valence-corrected chi connectivity index (χ1v) is 5.00. The highest BCUT2D eigenvalue weighted by Crippen LogP contribution is 2.17. The van der Waals surface area contributed by atoms with Crippen molar-refractivity contribution in [2.45, 2.75) is 13.3 Å². The molecule has 0 atom stereocenters. The molecule has 4 heteroatoms. The highest BCUT2D eigenvalue weighted by molar-refractivity contribution is 9.10. The van der Waals surface area contributed by atoms with E-state index in [2.05, 4.69) is 27.0 Å². The van der Waals surface area contributed by atoms with E-state index >= 15 is 0 Å². The molecule has 2 aromatic heterocycles. The molecule has 0 saturated carbocycles. The number of pyridine rings is 1. The summed E-state index contributed by atoms with van der Waals surface area (Å²) in [5, 5.41) is 8.56. The standard InChI is InChI=1S/C10H8BrN3/c1-7-4-8(11)5-14-6-9(2-3-12)13-10(7)14/h4-6H,2H2,1H3. The lowest BCUT2D eigenvalue weighted by atomic mass is 10.3. The summed E-state index contributed by atoms with van der Waals surface area (Å²) in [6, 6.07) is 4.10. The Bertz CT molecular complexity index is 522. The van der Waals surface area contributed by atoms with Gasteiger partial charge < -0.3 is 4.40 Å². The third kappa shape index (κ3) is 1.51. The van der Waals surface area contributed by atoms with Crippen LogP contribution in [0.1, 0.15) is 11.3 Å². The highest BCUT2D eigenvalue weighted by atomic mass is 79.9. The SMILES string of the molecule is Cc1cc(Br)cn2cc(CC#N)nc12. The van der Waals surface area contributed by atoms with E-state index in [1.807, 2.05) is 29.8 Å². The Hall–Kier alpha value is -1.34. The zero-order valence-electron chi connectivity index (χ0n) is 7.66. The molecule has 0 saturated heterocycles. The molecular formula is C10H8BrN3. The smallest absolute Gasteiger partial charge is 0.140 e. The summed E-state index contributed by atoms with van der Waals surface area (Å²) >= 11 is 3.42. The highest BCUT2D eigenvalue weighted by Gasteiger charge is 2.04. The monoisotopic (exact) mass is 249 g/mol. The molecule has 2 heterocycles. The summed E-state index contributed by atoms with van der Waals surface area (Å²) < 4.78 is 2.95. The van der Waals surface area contributed by atoms with Gasteiger partial charge in [-0.3, -0.25) is 0 Å². The zero-order chi connectivity index (χ0) is 10.1. The molecule has 0 aliphatic heterocycles. The molecule has 3 nitrogen and oxygen atoms in total. The Morgan fingerprint density at radius 3 is 3.07 bits per heavy atom. The lowest BCUT2D eigenvalue weighted by molar-refractivity contribution is 1.15. The molecule has 0 unspecified atom stereocenters. The van der Waals surface area contributed by atoms with Crippen molar-refractivity contribution >= 4 is 21.6 Å². The topological polar surface area (TPSA) is 41.1 Å². The van der Waals surface area contributed by atoms with Crippen LogP contribution in [0.15, 0.2) is 22.9 Å². The van der Waals surface area contributed by atoms with Crippen LogP contribution in [0.5, 0.6) is 0 Å². The van der Waals surface area contributed by atoms with Crippen molar-refractivity contribution in [2.75, 3.05) is 0 Å². The Morgan fingerprint density at radius 1 is 1.57 bits per heavy atom. The van der Waals surface area contributed by atoms with Crippen LogP contribution in [0.3, 0.4) is 0 Å². The summed E-state index contributed by atoms with van der Waals surface area (Å²) in [7, 11) is 0. The van der Waals surface area contributed by atoms with Gasteiger partial charge in [-0.2, -0.15) is 5.26 Å². The second kappa shape index (κ2) is 3.43. The normalized spacial score (nSPS) is 10.4. The molecule has 0 aliphatic rings. The van der Waals surface area contributed by atoms with Crippen molar-refractivity contribution in [2.24, 2.45) is 0 Å². The van der Waals surface area contributed by atoms with Gasteiger partial charge in [0.05, 0.1) is 18.2 Å². The number of nitrogens with zero attached hydrogens (tertiary/aromatic N) is 3. The number of rotatable bonds is 1. The maximum absolute atomic E-state index is 8.56. The van der Waals surface area contributed by atoms with Crippen molar-refractivity contribution in [1.82, 2.24) is 9.38 Å². The fraction of sp³-hybridized carbons (Fsp3) is 0.200. The van der Waals surface area contributed by atoms with Crippen LogP contribution in [0.2, 0.25) is 0 Å². The third-order valence-electron chi connectivity index (χ3n) is 2.01. The molecule has 0 radical (unpaired) electrons. The van der Waals surface area contributed by atoms with Crippen LogP contribution >= 0.6 is 15.9 Å². The number of nitriles is 1. The van der Waals surface area contributed by atoms with Gasteiger partial charge in [-0.1, -0.05) is 0 Å². The molecule has 0 N–H and O–H groups in total. The predicted octanol–water partition coefficient (Wildman–Crippen LogP) is 2.47. The number of aryl methyl sites for hydroxylation is 1. The van der Waals surface area contributed by atoms with E-state index in [1.54, 1.807) is 0 Å². The average molecular weight is 250 g/mol. The van der Waals surface area contributed by atoms with Gasteiger partial charge in [-0.05, 0) is 34.5 Å². The molecule has 0 aliphatic carbocycles. The molecule has 14 heavy (non-hydrogen) atoms. The van der Waals surface area contributed by atoms with Gasteiger partial charge in [-0.15, -0.1) is 0 Å². The fourth-order valence-corrected chi connectivity index (χ4v) is 2.01. The van der Waals surface area contributed by atoms with E-state index in [0.29, 0.717) is 6.42 Å². The number of imidazole rings is 1. The summed E-state index contributed by atoms with van der Waals surface area (Å²) in [6.07, 6.45) is 4.19. The fourth-order valence-electron chi connectivity index (χ4n) is 1.44. The lowest BCUT2D eigenvalue weighted by Gasteiger charge is -1.97. The summed E-state index contributed by atoms with van der Waals surface area (Å²) in [4.78, 5) is 4.36. The van der Waals surface area contributed by atoms with Crippen molar-refractivity contribution in [3.8, 4) is 6.07 Å². The van der Waals surface area contributed by atoms with Crippen LogP contribution in [0, 0.1) is 18.3 Å². The molecule has 0 bridgehead atoms. The molecule has 2 aromatic rings. The zero-order valence-corrected chi connectivity index (χ0v) is 9.24. The number of halogens is 1. The summed E-state index contributed by atoms with van der Waals surface area (Å²) in [5.41, 5.74) is 2.83. The first-order valence-electron chi connectivity index (χ1n) is 4.21. The predicted molar refractivity (Wildman–Crippen MR) is 56.9 cm³/mol.